The van der Waals surface area contributed by atoms with Gasteiger partial charge in [-0.15, -0.1) is 0 Å². The fraction of sp³-hybridized carbons (Fsp3) is 0.590. The van der Waals surface area contributed by atoms with Crippen LogP contribution in [-0.2, 0) is 15.9 Å². The van der Waals surface area contributed by atoms with Gasteiger partial charge in [-0.3, -0.25) is 0 Å². The topological polar surface area (TPSA) is 107 Å². The molecule has 13 heteroatoms. The third-order valence-corrected chi connectivity index (χ3v) is 11.3. The molecule has 3 saturated heterocycles. The summed E-state index contributed by atoms with van der Waals surface area (Å²) < 4.78 is 26.9. The molecule has 6 heterocycles. The number of ether oxygens (including phenoxy) is 4. The van der Waals surface area contributed by atoms with Crippen molar-refractivity contribution >= 4 is 45.3 Å². The summed E-state index contributed by atoms with van der Waals surface area (Å²) in [7, 11) is 2.14. The molecule has 0 bridgehead atoms. The molecule has 2 aromatic carbocycles. The van der Waals surface area contributed by atoms with E-state index in [0.717, 1.165) is 114 Å². The normalized spacial score (nSPS) is 21.4. The fourth-order valence-corrected chi connectivity index (χ4v) is 8.36. The van der Waals surface area contributed by atoms with Crippen LogP contribution in [0.15, 0.2) is 18.3 Å². The van der Waals surface area contributed by atoms with Gasteiger partial charge in [0.15, 0.2) is 6.23 Å². The molecule has 3 fully saturated rings. The van der Waals surface area contributed by atoms with E-state index in [1.54, 1.807) is 4.90 Å². The molecule has 2 unspecified atom stereocenters. The highest BCUT2D eigenvalue weighted by atomic mass is 35.5. The lowest BCUT2D eigenvalue weighted by Crippen LogP contribution is -2.50. The number of carbonyl (C=O) groups excluding carboxylic acids is 1. The number of benzene rings is 2. The number of aryl methyl sites for hydroxylation is 1. The number of anilines is 1. The number of fused-ring (bicyclic) bond motifs is 4. The van der Waals surface area contributed by atoms with E-state index >= 15 is 0 Å². The number of aromatic nitrogens is 4. The van der Waals surface area contributed by atoms with Crippen LogP contribution in [0.4, 0.5) is 10.6 Å². The van der Waals surface area contributed by atoms with E-state index in [4.69, 9.17) is 45.6 Å². The van der Waals surface area contributed by atoms with Gasteiger partial charge in [0.2, 0.25) is 0 Å². The van der Waals surface area contributed by atoms with Crippen LogP contribution in [-0.4, -0.2) is 107 Å². The van der Waals surface area contributed by atoms with Crippen molar-refractivity contribution in [3.8, 4) is 22.9 Å². The Morgan fingerprint density at radius 2 is 1.85 bits per heavy atom. The number of rotatable bonds is 6. The summed E-state index contributed by atoms with van der Waals surface area (Å²) in [5.74, 6) is 1.55. The third kappa shape index (κ3) is 6.73. The SMILES string of the molecule is Cc1cc2c(cnn2C2CCCCO2)c(-c2cc3nc(OCC4CCCN4C)nc(N4CCN(C(=O)OC(C)(C)C)CC4)c3c3c2CCCO3)c1Cl. The number of likely N-dealkylation sites (N-methyl/N-ethyl adjacent to an activating group) is 1. The van der Waals surface area contributed by atoms with E-state index in [9.17, 15) is 4.79 Å². The molecule has 2 atom stereocenters. The molecular weight excluding hydrogens is 682 g/mol. The van der Waals surface area contributed by atoms with Crippen LogP contribution in [0.2, 0.25) is 5.02 Å². The van der Waals surface area contributed by atoms with Gasteiger partial charge in [0, 0.05) is 55.3 Å². The van der Waals surface area contributed by atoms with E-state index in [0.29, 0.717) is 56.5 Å². The number of nitrogens with zero attached hydrogens (tertiary/aromatic N) is 7. The number of amides is 1. The zero-order valence-corrected chi connectivity index (χ0v) is 31.8. The first kappa shape index (κ1) is 35.2. The summed E-state index contributed by atoms with van der Waals surface area (Å²) in [5, 5.41) is 7.40. The van der Waals surface area contributed by atoms with Gasteiger partial charge < -0.3 is 33.6 Å². The zero-order chi connectivity index (χ0) is 36.1. The van der Waals surface area contributed by atoms with Crippen LogP contribution in [0.3, 0.4) is 0 Å². The summed E-state index contributed by atoms with van der Waals surface area (Å²) >= 11 is 7.27. The van der Waals surface area contributed by atoms with Gasteiger partial charge in [-0.1, -0.05) is 11.6 Å². The molecule has 0 radical (unpaired) electrons. The number of likely N-dealkylation sites (tertiary alicyclic amines) is 1. The van der Waals surface area contributed by atoms with Crippen molar-refractivity contribution in [2.24, 2.45) is 0 Å². The number of hydrogen-bond donors (Lipinski definition) is 0. The summed E-state index contributed by atoms with van der Waals surface area (Å²) in [6, 6.07) is 4.92. The average molecular weight is 732 g/mol. The highest BCUT2D eigenvalue weighted by Crippen LogP contribution is 2.48. The Morgan fingerprint density at radius 3 is 2.58 bits per heavy atom. The fourth-order valence-electron chi connectivity index (χ4n) is 8.10. The minimum absolute atomic E-state index is 0.0989. The third-order valence-electron chi connectivity index (χ3n) is 10.8. The molecule has 4 aliphatic heterocycles. The predicted octanol–water partition coefficient (Wildman–Crippen LogP) is 7.16. The van der Waals surface area contributed by atoms with Gasteiger partial charge in [-0.25, -0.2) is 9.48 Å². The maximum absolute atomic E-state index is 13.0. The second-order valence-electron chi connectivity index (χ2n) is 15.7. The number of halogens is 1. The highest BCUT2D eigenvalue weighted by molar-refractivity contribution is 6.36. The minimum atomic E-state index is -0.557. The van der Waals surface area contributed by atoms with Gasteiger partial charge in [-0.2, -0.15) is 15.1 Å². The lowest BCUT2D eigenvalue weighted by Gasteiger charge is -2.37. The van der Waals surface area contributed by atoms with Gasteiger partial charge in [0.05, 0.1) is 34.2 Å². The van der Waals surface area contributed by atoms with Crippen LogP contribution >= 0.6 is 11.6 Å². The van der Waals surface area contributed by atoms with Crippen molar-refractivity contribution in [2.45, 2.75) is 90.5 Å². The van der Waals surface area contributed by atoms with E-state index < -0.39 is 5.60 Å². The predicted molar refractivity (Wildman–Crippen MR) is 202 cm³/mol. The Kier molecular flexibility index (Phi) is 9.59. The van der Waals surface area contributed by atoms with E-state index in [-0.39, 0.29) is 12.3 Å². The zero-order valence-electron chi connectivity index (χ0n) is 31.0. The Hall–Kier alpha value is -3.87. The Morgan fingerprint density at radius 1 is 1.02 bits per heavy atom. The van der Waals surface area contributed by atoms with Crippen molar-refractivity contribution in [1.29, 1.82) is 0 Å². The lowest BCUT2D eigenvalue weighted by molar-refractivity contribution is -0.0366. The highest BCUT2D eigenvalue weighted by Gasteiger charge is 2.32. The second kappa shape index (κ2) is 14.2. The van der Waals surface area contributed by atoms with Crippen molar-refractivity contribution < 1.29 is 23.7 Å². The molecular formula is C39H50ClN7O5. The first-order valence-electron chi connectivity index (χ1n) is 18.9. The Balaban J connectivity index is 1.25. The van der Waals surface area contributed by atoms with E-state index in [2.05, 4.69) is 35.9 Å². The average Bonchev–Trinajstić information content (AvgIpc) is 3.75. The van der Waals surface area contributed by atoms with Gasteiger partial charge in [0.1, 0.15) is 23.8 Å². The first-order valence-corrected chi connectivity index (χ1v) is 19.3. The Labute approximate surface area is 310 Å². The first-order chi connectivity index (χ1) is 25.1. The molecule has 8 rings (SSSR count). The largest absolute Gasteiger partial charge is 0.492 e. The van der Waals surface area contributed by atoms with E-state index in [1.165, 1.54) is 0 Å². The van der Waals surface area contributed by atoms with Crippen molar-refractivity contribution in [3.63, 3.8) is 0 Å². The summed E-state index contributed by atoms with van der Waals surface area (Å²) in [6.45, 7) is 12.8. The summed E-state index contributed by atoms with van der Waals surface area (Å²) in [4.78, 5) is 29.5. The number of piperazine rings is 1. The smallest absolute Gasteiger partial charge is 0.410 e. The molecule has 0 N–H and O–H groups in total. The molecule has 4 aromatic rings. The monoisotopic (exact) mass is 731 g/mol. The molecule has 4 aliphatic rings. The van der Waals surface area contributed by atoms with Gasteiger partial charge in [-0.05, 0) is 109 Å². The Bertz CT molecular complexity index is 1980. The quantitative estimate of drug-likeness (QED) is 0.203. The van der Waals surface area contributed by atoms with Gasteiger partial charge >= 0.3 is 12.1 Å². The van der Waals surface area contributed by atoms with E-state index in [1.807, 2.05) is 31.6 Å². The molecule has 0 spiro atoms. The molecule has 12 nitrogen and oxygen atoms in total. The maximum atomic E-state index is 13.0. The van der Waals surface area contributed by atoms with Gasteiger partial charge in [0.25, 0.3) is 0 Å². The van der Waals surface area contributed by atoms with Crippen molar-refractivity contribution in [2.75, 3.05) is 64.5 Å². The van der Waals surface area contributed by atoms with Crippen LogP contribution in [0.5, 0.6) is 11.8 Å². The van der Waals surface area contributed by atoms with Crippen molar-refractivity contribution in [1.82, 2.24) is 29.5 Å². The second-order valence-corrected chi connectivity index (χ2v) is 16.1. The molecule has 1 amide bonds. The summed E-state index contributed by atoms with van der Waals surface area (Å²) in [5.41, 5.74) is 5.17. The molecule has 0 saturated carbocycles. The minimum Gasteiger partial charge on any atom is -0.492 e. The van der Waals surface area contributed by atoms with Crippen LogP contribution in [0.25, 0.3) is 32.9 Å². The van der Waals surface area contributed by atoms with Crippen molar-refractivity contribution in [3.05, 3.63) is 34.5 Å². The maximum Gasteiger partial charge on any atom is 0.410 e. The summed E-state index contributed by atoms with van der Waals surface area (Å²) in [6.07, 6.45) is 8.58. The lowest BCUT2D eigenvalue weighted by atomic mass is 9.90. The molecule has 2 aromatic heterocycles. The number of hydrogen-bond acceptors (Lipinski definition) is 10. The standard InChI is InChI=1S/C39H50ClN7O5/c1-24-20-30-28(22-41-47(30)31-12-6-7-18-49-31)32(34(24)40)27-21-29-33(35-26(27)11-9-19-50-35)36(43-37(42-29)51-23-25-10-8-13-44(25)5)45-14-16-46(17-15-45)38(48)52-39(2,3)4/h20-22,25,31H,6-19,23H2,1-5H3. The van der Waals surface area contributed by atoms with Crippen LogP contribution in [0.1, 0.15) is 76.7 Å². The van der Waals surface area contributed by atoms with Crippen LogP contribution < -0.4 is 14.4 Å². The van der Waals surface area contributed by atoms with Crippen LogP contribution in [0, 0.1) is 6.92 Å². The molecule has 0 aliphatic carbocycles. The molecule has 52 heavy (non-hydrogen) atoms. The molecule has 278 valence electrons. The number of carbonyl (C=O) groups is 1.